The molecule has 0 aliphatic carbocycles. The van der Waals surface area contributed by atoms with Crippen molar-refractivity contribution in [2.45, 2.75) is 12.6 Å². The second-order valence-corrected chi connectivity index (χ2v) is 6.30. The van der Waals surface area contributed by atoms with E-state index in [1.54, 1.807) is 7.11 Å². The Hall–Kier alpha value is -3.01. The number of ether oxygens (including phenoxy) is 1. The van der Waals surface area contributed by atoms with E-state index in [1.165, 1.54) is 0 Å². The first kappa shape index (κ1) is 15.5. The summed E-state index contributed by atoms with van der Waals surface area (Å²) in [6.07, 6.45) is 1.91. The number of hydrogen-bond acceptors (Lipinski definition) is 2. The fourth-order valence-electron chi connectivity index (χ4n) is 3.52. The highest BCUT2D eigenvalue weighted by molar-refractivity contribution is 6.00. The minimum atomic E-state index is 0.0426. The molecule has 1 aliphatic heterocycles. The number of nitrogens with zero attached hydrogens (tertiary/aromatic N) is 2. The van der Waals surface area contributed by atoms with E-state index in [1.807, 2.05) is 65.6 Å². The van der Waals surface area contributed by atoms with Crippen LogP contribution >= 0.6 is 0 Å². The van der Waals surface area contributed by atoms with E-state index in [2.05, 4.69) is 11.1 Å². The first-order chi connectivity index (χ1) is 12.2. The van der Waals surface area contributed by atoms with Crippen molar-refractivity contribution in [2.75, 3.05) is 13.7 Å². The Labute approximate surface area is 146 Å². The number of aromatic nitrogens is 1. The number of methoxy groups -OCH3 is 1. The van der Waals surface area contributed by atoms with E-state index >= 15 is 0 Å². The molecule has 4 heteroatoms. The fourth-order valence-corrected chi connectivity index (χ4v) is 3.52. The molecule has 126 valence electrons. The average molecular weight is 332 g/mol. The molecule has 4 rings (SSSR count). The number of amides is 1. The number of rotatable bonds is 4. The van der Waals surface area contributed by atoms with Crippen LogP contribution in [0.4, 0.5) is 0 Å². The van der Waals surface area contributed by atoms with Gasteiger partial charge in [0.2, 0.25) is 0 Å². The summed E-state index contributed by atoms with van der Waals surface area (Å²) in [4.78, 5) is 14.9. The molecule has 0 fully saturated rings. The molecule has 1 aliphatic rings. The predicted molar refractivity (Wildman–Crippen MR) is 98.9 cm³/mol. The lowest BCUT2D eigenvalue weighted by molar-refractivity contribution is 0.0676. The zero-order valence-electron chi connectivity index (χ0n) is 14.2. The minimum absolute atomic E-state index is 0.0426. The Morgan fingerprint density at radius 2 is 2.00 bits per heavy atom. The van der Waals surface area contributed by atoms with Crippen molar-refractivity contribution in [1.29, 1.82) is 0 Å². The number of carbonyl (C=O) groups is 1. The summed E-state index contributed by atoms with van der Waals surface area (Å²) in [7, 11) is 1.65. The van der Waals surface area contributed by atoms with E-state index in [0.29, 0.717) is 18.8 Å². The van der Waals surface area contributed by atoms with Crippen LogP contribution in [-0.2, 0) is 6.54 Å². The molecule has 3 aromatic rings. The number of benzene rings is 2. The quantitative estimate of drug-likeness (QED) is 0.676. The normalized spacial score (nSPS) is 16.8. The second-order valence-electron chi connectivity index (χ2n) is 6.30. The van der Waals surface area contributed by atoms with E-state index < -0.39 is 0 Å². The predicted octanol–water partition coefficient (Wildman–Crippen LogP) is 4.03. The van der Waals surface area contributed by atoms with Crippen LogP contribution in [0.3, 0.4) is 0 Å². The van der Waals surface area contributed by atoms with Gasteiger partial charge in [0.1, 0.15) is 11.4 Å². The molecule has 0 spiro atoms. The van der Waals surface area contributed by atoms with Gasteiger partial charge in [-0.25, -0.2) is 0 Å². The average Bonchev–Trinajstić information content (AvgIpc) is 3.04. The molecule has 0 bridgehead atoms. The minimum Gasteiger partial charge on any atom is -0.497 e. The van der Waals surface area contributed by atoms with Crippen molar-refractivity contribution in [3.8, 4) is 5.75 Å². The molecule has 1 atom stereocenters. The van der Waals surface area contributed by atoms with Crippen LogP contribution in [0.5, 0.6) is 5.75 Å². The Morgan fingerprint density at radius 1 is 1.20 bits per heavy atom. The van der Waals surface area contributed by atoms with Crippen molar-refractivity contribution in [3.63, 3.8) is 0 Å². The van der Waals surface area contributed by atoms with Crippen LogP contribution in [0, 0.1) is 0 Å². The van der Waals surface area contributed by atoms with Gasteiger partial charge in [-0.05, 0) is 23.8 Å². The Bertz CT molecular complexity index is 943. The van der Waals surface area contributed by atoms with Gasteiger partial charge in [0.05, 0.1) is 18.7 Å². The summed E-state index contributed by atoms with van der Waals surface area (Å²) in [6.45, 7) is 5.21. The summed E-state index contributed by atoms with van der Waals surface area (Å²) in [5.74, 6) is 0.840. The standard InChI is InChI=1S/C21H20N2O2/c1-3-17-14-22(13-15-7-5-4-6-8-15)21(24)20-11-16-9-10-18(25-2)12-19(16)23(17)20/h3-12,17H,1,13-14H2,2H3/t17-/m0/s1. The lowest BCUT2D eigenvalue weighted by Gasteiger charge is -2.33. The monoisotopic (exact) mass is 332 g/mol. The van der Waals surface area contributed by atoms with Crippen LogP contribution in [0.25, 0.3) is 10.9 Å². The van der Waals surface area contributed by atoms with Crippen molar-refractivity contribution in [2.24, 2.45) is 0 Å². The van der Waals surface area contributed by atoms with Crippen molar-refractivity contribution < 1.29 is 9.53 Å². The lowest BCUT2D eigenvalue weighted by atomic mass is 10.1. The SMILES string of the molecule is C=C[C@H]1CN(Cc2ccccc2)C(=O)c2cc3ccc(OC)cc3n21. The highest BCUT2D eigenvalue weighted by Crippen LogP contribution is 2.32. The van der Waals surface area contributed by atoms with Crippen LogP contribution < -0.4 is 4.74 Å². The van der Waals surface area contributed by atoms with Crippen LogP contribution in [0.1, 0.15) is 22.1 Å². The molecular weight excluding hydrogens is 312 g/mol. The first-order valence-corrected chi connectivity index (χ1v) is 8.36. The molecule has 0 saturated carbocycles. The van der Waals surface area contributed by atoms with E-state index in [9.17, 15) is 4.79 Å². The van der Waals surface area contributed by atoms with Gasteiger partial charge in [0.15, 0.2) is 0 Å². The summed E-state index contributed by atoms with van der Waals surface area (Å²) in [5.41, 5.74) is 2.84. The Kier molecular flexibility index (Phi) is 3.80. The van der Waals surface area contributed by atoms with Gasteiger partial charge in [0, 0.05) is 24.5 Å². The first-order valence-electron chi connectivity index (χ1n) is 8.36. The highest BCUT2D eigenvalue weighted by Gasteiger charge is 2.31. The fraction of sp³-hybridized carbons (Fsp3) is 0.190. The van der Waals surface area contributed by atoms with Gasteiger partial charge in [-0.15, -0.1) is 6.58 Å². The third-order valence-corrected chi connectivity index (χ3v) is 4.78. The maximum Gasteiger partial charge on any atom is 0.270 e. The molecule has 0 saturated heterocycles. The highest BCUT2D eigenvalue weighted by atomic mass is 16.5. The van der Waals surface area contributed by atoms with Gasteiger partial charge < -0.3 is 14.2 Å². The Morgan fingerprint density at radius 3 is 2.72 bits per heavy atom. The van der Waals surface area contributed by atoms with Gasteiger partial charge in [-0.2, -0.15) is 0 Å². The zero-order chi connectivity index (χ0) is 17.4. The molecule has 4 nitrogen and oxygen atoms in total. The number of hydrogen-bond donors (Lipinski definition) is 0. The molecule has 2 aromatic carbocycles. The van der Waals surface area contributed by atoms with Gasteiger partial charge in [-0.1, -0.05) is 36.4 Å². The zero-order valence-corrected chi connectivity index (χ0v) is 14.2. The molecule has 2 heterocycles. The van der Waals surface area contributed by atoms with Crippen molar-refractivity contribution >= 4 is 16.8 Å². The molecule has 25 heavy (non-hydrogen) atoms. The van der Waals surface area contributed by atoms with Crippen molar-refractivity contribution in [3.05, 3.63) is 78.5 Å². The molecule has 0 radical (unpaired) electrons. The Balaban J connectivity index is 1.78. The van der Waals surface area contributed by atoms with Gasteiger partial charge >= 0.3 is 0 Å². The molecule has 1 aromatic heterocycles. The molecule has 0 unspecified atom stereocenters. The number of fused-ring (bicyclic) bond motifs is 3. The van der Waals surface area contributed by atoms with E-state index in [4.69, 9.17) is 4.74 Å². The smallest absolute Gasteiger partial charge is 0.270 e. The van der Waals surface area contributed by atoms with E-state index in [-0.39, 0.29) is 11.9 Å². The maximum absolute atomic E-state index is 13.0. The molecule has 1 amide bonds. The van der Waals surface area contributed by atoms with Crippen LogP contribution in [0.15, 0.2) is 67.3 Å². The lowest BCUT2D eigenvalue weighted by Crippen LogP contribution is -2.41. The van der Waals surface area contributed by atoms with Crippen LogP contribution in [0.2, 0.25) is 0 Å². The van der Waals surface area contributed by atoms with Gasteiger partial charge in [-0.3, -0.25) is 4.79 Å². The summed E-state index contributed by atoms with van der Waals surface area (Å²) in [6, 6.07) is 18.0. The van der Waals surface area contributed by atoms with Crippen molar-refractivity contribution in [1.82, 2.24) is 9.47 Å². The number of carbonyl (C=O) groups excluding carboxylic acids is 1. The third-order valence-electron chi connectivity index (χ3n) is 4.78. The summed E-state index contributed by atoms with van der Waals surface area (Å²) < 4.78 is 7.42. The topological polar surface area (TPSA) is 34.5 Å². The maximum atomic E-state index is 13.0. The summed E-state index contributed by atoms with van der Waals surface area (Å²) in [5, 5.41) is 1.04. The largest absolute Gasteiger partial charge is 0.497 e. The molecular formula is C21H20N2O2. The van der Waals surface area contributed by atoms with Crippen LogP contribution in [-0.4, -0.2) is 29.0 Å². The third kappa shape index (κ3) is 2.60. The summed E-state index contributed by atoms with van der Waals surface area (Å²) >= 11 is 0. The van der Waals surface area contributed by atoms with Gasteiger partial charge in [0.25, 0.3) is 5.91 Å². The second kappa shape index (κ2) is 6.13. The molecule has 0 N–H and O–H groups in total. The van der Waals surface area contributed by atoms with E-state index in [0.717, 1.165) is 22.2 Å².